The number of benzene rings is 2. The molecule has 0 saturated heterocycles. The van der Waals surface area contributed by atoms with E-state index in [1.165, 1.54) is 4.90 Å². The highest BCUT2D eigenvalue weighted by Gasteiger charge is 2.30. The maximum atomic E-state index is 12.7. The van der Waals surface area contributed by atoms with Gasteiger partial charge in [0, 0.05) is 34.8 Å². The minimum atomic E-state index is -0.972. The van der Waals surface area contributed by atoms with Crippen LogP contribution in [0.4, 0.5) is 4.79 Å². The van der Waals surface area contributed by atoms with Gasteiger partial charge in [0.1, 0.15) is 24.2 Å². The summed E-state index contributed by atoms with van der Waals surface area (Å²) in [6.07, 6.45) is -0.851. The van der Waals surface area contributed by atoms with Crippen molar-refractivity contribution < 1.29 is 28.9 Å². The predicted molar refractivity (Wildman–Crippen MR) is 171 cm³/mol. The van der Waals surface area contributed by atoms with E-state index < -0.39 is 17.7 Å². The van der Waals surface area contributed by atoms with Gasteiger partial charge in [-0.3, -0.25) is 14.4 Å². The van der Waals surface area contributed by atoms with Crippen molar-refractivity contribution in [3.05, 3.63) is 70.3 Å². The average Bonchev–Trinajstić information content (AvgIpc) is 3.30. The van der Waals surface area contributed by atoms with Gasteiger partial charge in [0.15, 0.2) is 5.82 Å². The van der Waals surface area contributed by atoms with Gasteiger partial charge in [-0.05, 0) is 65.0 Å². The van der Waals surface area contributed by atoms with E-state index in [0.29, 0.717) is 61.1 Å². The molecule has 2 N–H and O–H groups in total. The summed E-state index contributed by atoms with van der Waals surface area (Å²) in [4.78, 5) is 30.5. The molecule has 3 aromatic rings. The molecule has 0 unspecified atom stereocenters. The van der Waals surface area contributed by atoms with Crippen LogP contribution in [0.3, 0.4) is 0 Å². The Morgan fingerprint density at radius 3 is 2.38 bits per heavy atom. The van der Waals surface area contributed by atoms with Crippen LogP contribution < -0.4 is 10.1 Å². The van der Waals surface area contributed by atoms with Gasteiger partial charge in [-0.1, -0.05) is 23.7 Å². The predicted octanol–water partition coefficient (Wildman–Crippen LogP) is 4.84. The Balaban J connectivity index is 1.44. The minimum absolute atomic E-state index is 0.121. The Kier molecular flexibility index (Phi) is 11.5. The number of carbonyl (C=O) groups is 2. The number of amides is 2. The molecular formula is C32H41ClN6O6. The first kappa shape index (κ1) is 33.9. The number of carboxylic acid groups (broad SMARTS) is 1. The number of aliphatic imine (C=N–C) groups is 1. The van der Waals surface area contributed by atoms with E-state index in [1.807, 2.05) is 81.7 Å². The van der Waals surface area contributed by atoms with Crippen LogP contribution in [-0.4, -0.2) is 94.1 Å². The van der Waals surface area contributed by atoms with Crippen molar-refractivity contribution in [3.8, 4) is 11.4 Å². The number of rotatable bonds is 14. The molecule has 2 heterocycles. The molecule has 0 saturated carbocycles. The highest BCUT2D eigenvalue weighted by atomic mass is 35.5. The molecular weight excluding hydrogens is 600 g/mol. The highest BCUT2D eigenvalue weighted by molar-refractivity contribution is 6.30. The first-order valence-corrected chi connectivity index (χ1v) is 15.3. The Hall–Kier alpha value is -4.00. The van der Waals surface area contributed by atoms with Gasteiger partial charge >= 0.3 is 6.09 Å². The second-order valence-electron chi connectivity index (χ2n) is 11.5. The number of hydrogen-bond acceptors (Lipinski definition) is 8. The fourth-order valence-corrected chi connectivity index (χ4v) is 5.12. The molecule has 2 aromatic carbocycles. The lowest BCUT2D eigenvalue weighted by Crippen LogP contribution is -2.46. The number of hydrogen-bond donors (Lipinski definition) is 2. The summed E-state index contributed by atoms with van der Waals surface area (Å²) in [7, 11) is 0. The monoisotopic (exact) mass is 640 g/mol. The van der Waals surface area contributed by atoms with E-state index in [2.05, 4.69) is 15.5 Å². The molecule has 1 aliphatic heterocycles. The molecule has 0 fully saturated rings. The number of carbonyl (C=O) groups excluding carboxylic acids is 1. The topological polar surface area (TPSA) is 140 Å². The van der Waals surface area contributed by atoms with E-state index in [0.717, 1.165) is 16.8 Å². The van der Waals surface area contributed by atoms with E-state index in [-0.39, 0.29) is 25.5 Å². The van der Waals surface area contributed by atoms with E-state index in [1.54, 1.807) is 0 Å². The van der Waals surface area contributed by atoms with Crippen molar-refractivity contribution in [1.82, 2.24) is 25.0 Å². The maximum Gasteiger partial charge on any atom is 0.407 e. The Bertz CT molecular complexity index is 1500. The van der Waals surface area contributed by atoms with Crippen molar-refractivity contribution in [2.45, 2.75) is 52.6 Å². The SMILES string of the molecule is CCNC(=O)C[C@@H]1N=C(c2ccc(Cl)cc2)c2cc(OCCOCCOCCN(C(=O)O)C(C)(C)C)ccc2-n2c(C)nnc21. The molecule has 0 aliphatic carbocycles. The van der Waals surface area contributed by atoms with Gasteiger partial charge in [0.2, 0.25) is 5.91 Å². The lowest BCUT2D eigenvalue weighted by atomic mass is 10.00. The number of aryl methyl sites for hydroxylation is 1. The molecule has 4 rings (SSSR count). The van der Waals surface area contributed by atoms with Gasteiger partial charge in [-0.15, -0.1) is 10.2 Å². The van der Waals surface area contributed by atoms with Crippen LogP contribution in [0.25, 0.3) is 5.69 Å². The molecule has 242 valence electrons. The van der Waals surface area contributed by atoms with E-state index >= 15 is 0 Å². The van der Waals surface area contributed by atoms with Crippen LogP contribution in [0.1, 0.15) is 62.9 Å². The Morgan fingerprint density at radius 1 is 1.02 bits per heavy atom. The third kappa shape index (κ3) is 8.80. The van der Waals surface area contributed by atoms with Crippen molar-refractivity contribution in [2.24, 2.45) is 4.99 Å². The molecule has 0 spiro atoms. The first-order chi connectivity index (χ1) is 21.5. The summed E-state index contributed by atoms with van der Waals surface area (Å²) >= 11 is 6.20. The molecule has 0 radical (unpaired) electrons. The summed E-state index contributed by atoms with van der Waals surface area (Å²) in [6, 6.07) is 12.6. The van der Waals surface area contributed by atoms with Crippen LogP contribution in [0.15, 0.2) is 47.5 Å². The van der Waals surface area contributed by atoms with Gasteiger partial charge in [0.25, 0.3) is 0 Å². The number of aromatic nitrogens is 3. The second-order valence-corrected chi connectivity index (χ2v) is 11.9. The van der Waals surface area contributed by atoms with Gasteiger partial charge in [0.05, 0.1) is 44.2 Å². The summed E-state index contributed by atoms with van der Waals surface area (Å²) in [6.45, 7) is 11.7. The Morgan fingerprint density at radius 2 is 1.71 bits per heavy atom. The second kappa shape index (κ2) is 15.3. The number of nitrogens with one attached hydrogen (secondary N) is 1. The molecule has 13 heteroatoms. The fourth-order valence-electron chi connectivity index (χ4n) is 5.00. The molecule has 0 bridgehead atoms. The van der Waals surface area contributed by atoms with Crippen molar-refractivity contribution in [1.29, 1.82) is 0 Å². The van der Waals surface area contributed by atoms with Crippen LogP contribution in [-0.2, 0) is 14.3 Å². The van der Waals surface area contributed by atoms with Crippen molar-refractivity contribution in [3.63, 3.8) is 0 Å². The van der Waals surface area contributed by atoms with Gasteiger partial charge < -0.3 is 29.5 Å². The van der Waals surface area contributed by atoms with Gasteiger partial charge in [-0.2, -0.15) is 0 Å². The van der Waals surface area contributed by atoms with Crippen LogP contribution in [0.2, 0.25) is 5.02 Å². The van der Waals surface area contributed by atoms with Crippen LogP contribution >= 0.6 is 11.6 Å². The summed E-state index contributed by atoms with van der Waals surface area (Å²) in [5.74, 6) is 1.77. The number of ether oxygens (including phenoxy) is 3. The lowest BCUT2D eigenvalue weighted by molar-refractivity contribution is -0.121. The number of fused-ring (bicyclic) bond motifs is 3. The quantitative estimate of drug-likeness (QED) is 0.239. The van der Waals surface area contributed by atoms with Gasteiger partial charge in [-0.25, -0.2) is 4.79 Å². The average molecular weight is 641 g/mol. The van der Waals surface area contributed by atoms with Crippen molar-refractivity contribution in [2.75, 3.05) is 46.1 Å². The Labute approximate surface area is 268 Å². The third-order valence-electron chi connectivity index (χ3n) is 7.14. The first-order valence-electron chi connectivity index (χ1n) is 15.0. The molecule has 45 heavy (non-hydrogen) atoms. The largest absolute Gasteiger partial charge is 0.491 e. The van der Waals surface area contributed by atoms with E-state index in [4.69, 9.17) is 30.8 Å². The summed E-state index contributed by atoms with van der Waals surface area (Å²) in [5, 5.41) is 21.6. The zero-order valence-corrected chi connectivity index (χ0v) is 27.1. The molecule has 12 nitrogen and oxygen atoms in total. The lowest BCUT2D eigenvalue weighted by Gasteiger charge is -2.32. The van der Waals surface area contributed by atoms with Crippen LogP contribution in [0, 0.1) is 6.92 Å². The standard InChI is InChI=1S/C32H41ClN6O6/c1-6-34-28(40)20-26-30-37-36-21(2)39(30)27-12-11-24(19-25(27)29(35-26)22-7-9-23(33)10-8-22)45-18-17-44-16-15-43-14-13-38(31(41)42)32(3,4)5/h7-12,19,26H,6,13-18,20H2,1-5H3,(H,34,40)(H,41,42)/t26-/m0/s1. The van der Waals surface area contributed by atoms with E-state index in [9.17, 15) is 14.7 Å². The molecule has 1 aromatic heterocycles. The zero-order chi connectivity index (χ0) is 32.6. The zero-order valence-electron chi connectivity index (χ0n) is 26.4. The number of halogens is 1. The third-order valence-corrected chi connectivity index (χ3v) is 7.39. The smallest absolute Gasteiger partial charge is 0.407 e. The molecule has 1 atom stereocenters. The highest BCUT2D eigenvalue weighted by Crippen LogP contribution is 2.34. The normalized spacial score (nSPS) is 14.2. The van der Waals surface area contributed by atoms with Crippen molar-refractivity contribution >= 4 is 29.3 Å². The summed E-state index contributed by atoms with van der Waals surface area (Å²) in [5.41, 5.74) is 2.66. The van der Waals surface area contributed by atoms with Crippen LogP contribution in [0.5, 0.6) is 5.75 Å². The number of nitrogens with zero attached hydrogens (tertiary/aromatic N) is 5. The minimum Gasteiger partial charge on any atom is -0.491 e. The fraction of sp³-hybridized carbons (Fsp3) is 0.469. The summed E-state index contributed by atoms with van der Waals surface area (Å²) < 4.78 is 19.2. The maximum absolute atomic E-state index is 12.7. The molecule has 2 amide bonds. The molecule has 1 aliphatic rings.